The highest BCUT2D eigenvalue weighted by Crippen LogP contribution is 2.10. The Morgan fingerprint density at radius 3 is 2.62 bits per heavy atom. The summed E-state index contributed by atoms with van der Waals surface area (Å²) in [5, 5.41) is 1.83. The van der Waals surface area contributed by atoms with Gasteiger partial charge in [0.05, 0.1) is 10.8 Å². The van der Waals surface area contributed by atoms with Gasteiger partial charge in [-0.05, 0) is 18.2 Å². The third kappa shape index (κ3) is 3.70. The van der Waals surface area contributed by atoms with Gasteiger partial charge < -0.3 is 11.5 Å². The van der Waals surface area contributed by atoms with Gasteiger partial charge >= 0.3 is 6.03 Å². The molecule has 0 heterocycles. The van der Waals surface area contributed by atoms with Gasteiger partial charge in [-0.2, -0.15) is 0 Å². The topological polar surface area (TPSA) is 115 Å². The molecule has 0 spiro atoms. The Morgan fingerprint density at radius 2 is 2.06 bits per heavy atom. The molecular formula is C9H11N3O3S. The number of amides is 3. The van der Waals surface area contributed by atoms with Crippen molar-refractivity contribution >= 4 is 28.4 Å². The number of urea groups is 1. The second-order valence-electron chi connectivity index (χ2n) is 2.97. The maximum Gasteiger partial charge on any atom is 0.318 e. The van der Waals surface area contributed by atoms with E-state index in [0.29, 0.717) is 10.6 Å². The standard InChI is InChI=1S/C9H11N3O3S/c10-6-2-1-3-7(4-6)16(15)5-8(13)12-9(11)14/h1-4H,5,10H2,(H3,11,12,13,14). The SMILES string of the molecule is NC(=O)NC(=O)CS(=O)c1cccc(N)c1. The first-order chi connectivity index (χ1) is 7.49. The molecule has 3 amide bonds. The summed E-state index contributed by atoms with van der Waals surface area (Å²) in [6.07, 6.45) is 0. The van der Waals surface area contributed by atoms with E-state index in [1.165, 1.54) is 6.07 Å². The lowest BCUT2D eigenvalue weighted by atomic mass is 10.3. The highest BCUT2D eigenvalue weighted by molar-refractivity contribution is 7.85. The fourth-order valence-corrected chi connectivity index (χ4v) is 2.01. The van der Waals surface area contributed by atoms with Crippen molar-refractivity contribution in [3.63, 3.8) is 0 Å². The zero-order valence-corrected chi connectivity index (χ0v) is 9.12. The normalized spacial score (nSPS) is 11.8. The molecule has 1 aromatic rings. The lowest BCUT2D eigenvalue weighted by Crippen LogP contribution is -2.37. The van der Waals surface area contributed by atoms with Crippen LogP contribution in [0.2, 0.25) is 0 Å². The van der Waals surface area contributed by atoms with Crippen molar-refractivity contribution in [2.75, 3.05) is 11.5 Å². The molecule has 0 aliphatic carbocycles. The molecule has 1 aromatic carbocycles. The number of hydrogen-bond donors (Lipinski definition) is 3. The van der Waals surface area contributed by atoms with Gasteiger partial charge in [0, 0.05) is 10.6 Å². The summed E-state index contributed by atoms with van der Waals surface area (Å²) in [6, 6.07) is 5.41. The molecule has 86 valence electrons. The molecule has 0 aliphatic heterocycles. The van der Waals surface area contributed by atoms with E-state index in [9.17, 15) is 13.8 Å². The Hall–Kier alpha value is -1.89. The monoisotopic (exact) mass is 241 g/mol. The zero-order valence-electron chi connectivity index (χ0n) is 8.30. The van der Waals surface area contributed by atoms with Crippen LogP contribution in [0.4, 0.5) is 10.5 Å². The zero-order chi connectivity index (χ0) is 12.1. The molecule has 7 heteroatoms. The Labute approximate surface area is 94.5 Å². The maximum atomic E-state index is 11.6. The van der Waals surface area contributed by atoms with Crippen molar-refractivity contribution in [1.29, 1.82) is 0 Å². The second-order valence-corrected chi connectivity index (χ2v) is 4.43. The summed E-state index contributed by atoms with van der Waals surface area (Å²) in [5.74, 6) is -1.01. The number of rotatable bonds is 3. The van der Waals surface area contributed by atoms with Gasteiger partial charge in [0.15, 0.2) is 0 Å². The Morgan fingerprint density at radius 1 is 1.38 bits per heavy atom. The van der Waals surface area contributed by atoms with E-state index in [2.05, 4.69) is 0 Å². The molecule has 16 heavy (non-hydrogen) atoms. The summed E-state index contributed by atoms with van der Waals surface area (Å²) in [6.45, 7) is 0. The minimum absolute atomic E-state index is 0.327. The first-order valence-electron chi connectivity index (χ1n) is 4.32. The highest BCUT2D eigenvalue weighted by atomic mass is 32.2. The van der Waals surface area contributed by atoms with Crippen molar-refractivity contribution in [2.24, 2.45) is 5.73 Å². The first kappa shape index (κ1) is 12.2. The lowest BCUT2D eigenvalue weighted by Gasteiger charge is -2.02. The van der Waals surface area contributed by atoms with Crippen molar-refractivity contribution < 1.29 is 13.8 Å². The fourth-order valence-electron chi connectivity index (χ4n) is 1.03. The second kappa shape index (κ2) is 5.26. The number of nitrogens with two attached hydrogens (primary N) is 2. The Kier molecular flexibility index (Phi) is 4.01. The molecule has 1 atom stereocenters. The van der Waals surface area contributed by atoms with Crippen LogP contribution in [0.25, 0.3) is 0 Å². The number of benzene rings is 1. The molecule has 0 bridgehead atoms. The van der Waals surface area contributed by atoms with Crippen molar-refractivity contribution in [3.05, 3.63) is 24.3 Å². The predicted molar refractivity (Wildman–Crippen MR) is 59.9 cm³/mol. The maximum absolute atomic E-state index is 11.6. The molecule has 0 fully saturated rings. The Bertz CT molecular complexity index is 447. The minimum Gasteiger partial charge on any atom is -0.399 e. The van der Waals surface area contributed by atoms with Crippen LogP contribution in [0, 0.1) is 0 Å². The Balaban J connectivity index is 2.66. The quantitative estimate of drug-likeness (QED) is 0.623. The fraction of sp³-hybridized carbons (Fsp3) is 0.111. The molecule has 1 rings (SSSR count). The van der Waals surface area contributed by atoms with Gasteiger partial charge in [0.2, 0.25) is 5.91 Å². The molecule has 0 saturated carbocycles. The van der Waals surface area contributed by atoms with Gasteiger partial charge in [0.25, 0.3) is 0 Å². The van der Waals surface area contributed by atoms with Crippen LogP contribution in [-0.4, -0.2) is 21.9 Å². The van der Waals surface area contributed by atoms with Gasteiger partial charge in [0.1, 0.15) is 5.75 Å². The first-order valence-corrected chi connectivity index (χ1v) is 5.64. The third-order valence-electron chi connectivity index (χ3n) is 1.65. The van der Waals surface area contributed by atoms with Crippen LogP contribution in [0.3, 0.4) is 0 Å². The number of hydrogen-bond acceptors (Lipinski definition) is 4. The number of primary amides is 1. The molecule has 6 nitrogen and oxygen atoms in total. The largest absolute Gasteiger partial charge is 0.399 e. The smallest absolute Gasteiger partial charge is 0.318 e. The van der Waals surface area contributed by atoms with E-state index in [1.54, 1.807) is 18.2 Å². The van der Waals surface area contributed by atoms with Gasteiger partial charge in [-0.1, -0.05) is 6.07 Å². The van der Waals surface area contributed by atoms with E-state index in [1.807, 2.05) is 5.32 Å². The van der Waals surface area contributed by atoms with Gasteiger partial charge in [-0.25, -0.2) is 4.79 Å². The average Bonchev–Trinajstić information content (AvgIpc) is 2.16. The summed E-state index contributed by atoms with van der Waals surface area (Å²) in [4.78, 5) is 21.9. The molecule has 0 saturated heterocycles. The average molecular weight is 241 g/mol. The van der Waals surface area contributed by atoms with E-state index in [4.69, 9.17) is 11.5 Å². The van der Waals surface area contributed by atoms with Crippen LogP contribution in [-0.2, 0) is 15.6 Å². The lowest BCUT2D eigenvalue weighted by molar-refractivity contribution is -0.117. The summed E-state index contributed by atoms with van der Waals surface area (Å²) in [5.41, 5.74) is 10.7. The van der Waals surface area contributed by atoms with Crippen LogP contribution >= 0.6 is 0 Å². The van der Waals surface area contributed by atoms with Crippen LogP contribution in [0.1, 0.15) is 0 Å². The van der Waals surface area contributed by atoms with E-state index < -0.39 is 22.7 Å². The van der Waals surface area contributed by atoms with E-state index in [-0.39, 0.29) is 5.75 Å². The van der Waals surface area contributed by atoms with Gasteiger partial charge in [-0.15, -0.1) is 0 Å². The number of carbonyl (C=O) groups is 2. The summed E-state index contributed by atoms with van der Waals surface area (Å²) in [7, 11) is -1.54. The highest BCUT2D eigenvalue weighted by Gasteiger charge is 2.11. The molecular weight excluding hydrogens is 230 g/mol. The number of anilines is 1. The van der Waals surface area contributed by atoms with E-state index in [0.717, 1.165) is 0 Å². The van der Waals surface area contributed by atoms with Crippen molar-refractivity contribution in [2.45, 2.75) is 4.90 Å². The van der Waals surface area contributed by atoms with Crippen LogP contribution in [0.15, 0.2) is 29.2 Å². The molecule has 1 unspecified atom stereocenters. The van der Waals surface area contributed by atoms with E-state index >= 15 is 0 Å². The summed E-state index contributed by atoms with van der Waals surface area (Å²) >= 11 is 0. The third-order valence-corrected chi connectivity index (χ3v) is 2.95. The molecule has 0 aliphatic rings. The summed E-state index contributed by atoms with van der Waals surface area (Å²) < 4.78 is 11.6. The molecule has 0 radical (unpaired) electrons. The van der Waals surface area contributed by atoms with Crippen molar-refractivity contribution in [1.82, 2.24) is 5.32 Å². The number of imide groups is 1. The van der Waals surface area contributed by atoms with Crippen molar-refractivity contribution in [3.8, 4) is 0 Å². The number of carbonyl (C=O) groups excluding carboxylic acids is 2. The van der Waals surface area contributed by atoms with Crippen LogP contribution < -0.4 is 16.8 Å². The predicted octanol–water partition coefficient (Wildman–Crippen LogP) is -0.429. The number of nitrogens with one attached hydrogen (secondary N) is 1. The molecule has 5 N–H and O–H groups in total. The van der Waals surface area contributed by atoms with Crippen LogP contribution in [0.5, 0.6) is 0 Å². The molecule has 0 aromatic heterocycles. The van der Waals surface area contributed by atoms with Gasteiger partial charge in [-0.3, -0.25) is 14.3 Å². The minimum atomic E-state index is -1.54. The number of nitrogen functional groups attached to an aromatic ring is 1.